The van der Waals surface area contributed by atoms with Gasteiger partial charge in [-0.1, -0.05) is 18.2 Å². The number of ether oxygens (including phenoxy) is 3. The summed E-state index contributed by atoms with van der Waals surface area (Å²) in [6.45, 7) is 3.07. The van der Waals surface area contributed by atoms with Gasteiger partial charge in [0.2, 0.25) is 5.75 Å². The van der Waals surface area contributed by atoms with Crippen LogP contribution in [0.4, 0.5) is 5.82 Å². The zero-order valence-corrected chi connectivity index (χ0v) is 17.1. The van der Waals surface area contributed by atoms with Crippen molar-refractivity contribution in [2.75, 3.05) is 39.7 Å². The summed E-state index contributed by atoms with van der Waals surface area (Å²) in [6, 6.07) is 13.5. The molecule has 0 aliphatic heterocycles. The Morgan fingerprint density at radius 3 is 2.31 bits per heavy atom. The summed E-state index contributed by atoms with van der Waals surface area (Å²) in [6.07, 6.45) is 0. The number of aromatic nitrogens is 1. The summed E-state index contributed by atoms with van der Waals surface area (Å²) in [5.41, 5.74) is 2.61. The lowest BCUT2D eigenvalue weighted by molar-refractivity contribution is -0.327. The van der Waals surface area contributed by atoms with E-state index in [0.717, 1.165) is 22.3 Å². The molecule has 0 radical (unpaired) electrons. The molecule has 0 atom stereocenters. The van der Waals surface area contributed by atoms with Crippen molar-refractivity contribution in [3.05, 3.63) is 53.6 Å². The highest BCUT2D eigenvalue weighted by molar-refractivity contribution is 5.95. The summed E-state index contributed by atoms with van der Waals surface area (Å²) >= 11 is 0. The largest absolute Gasteiger partial charge is 0.493 e. The van der Waals surface area contributed by atoms with E-state index in [4.69, 9.17) is 14.2 Å². The Labute approximate surface area is 170 Å². The number of methoxy groups -OCH3 is 3. The lowest BCUT2D eigenvalue weighted by atomic mass is 10.1. The minimum atomic E-state index is -0.217. The Hall–Kier alpha value is -3.48. The van der Waals surface area contributed by atoms with Crippen LogP contribution in [0.2, 0.25) is 0 Å². The van der Waals surface area contributed by atoms with E-state index < -0.39 is 0 Å². The first-order valence-corrected chi connectivity index (χ1v) is 9.31. The Bertz CT molecular complexity index is 995. The predicted octanol–water partition coefficient (Wildman–Crippen LogP) is 2.83. The van der Waals surface area contributed by atoms with Gasteiger partial charge in [0, 0.05) is 16.5 Å². The van der Waals surface area contributed by atoms with E-state index in [1.54, 1.807) is 12.1 Å². The highest BCUT2D eigenvalue weighted by Crippen LogP contribution is 2.38. The Morgan fingerprint density at radius 1 is 0.966 bits per heavy atom. The number of amides is 1. The van der Waals surface area contributed by atoms with Gasteiger partial charge < -0.3 is 19.5 Å². The molecular weight excluding hydrogens is 370 g/mol. The Balaban J connectivity index is 1.62. The summed E-state index contributed by atoms with van der Waals surface area (Å²) in [7, 11) is 4.56. The van der Waals surface area contributed by atoms with E-state index in [0.29, 0.717) is 35.9 Å². The number of para-hydroxylation sites is 1. The molecule has 0 unspecified atom stereocenters. The molecule has 7 nitrogen and oxygen atoms in total. The molecule has 29 heavy (non-hydrogen) atoms. The van der Waals surface area contributed by atoms with Crippen LogP contribution in [-0.2, 0) is 0 Å². The van der Waals surface area contributed by atoms with Crippen molar-refractivity contribution >= 4 is 22.6 Å². The number of hydrogen-bond acceptors (Lipinski definition) is 5. The van der Waals surface area contributed by atoms with Crippen molar-refractivity contribution in [1.82, 2.24) is 5.32 Å². The van der Waals surface area contributed by atoms with E-state index in [9.17, 15) is 4.79 Å². The first-order chi connectivity index (χ1) is 14.1. The van der Waals surface area contributed by atoms with E-state index in [-0.39, 0.29) is 5.91 Å². The molecule has 3 aromatic rings. The first kappa shape index (κ1) is 20.3. The fourth-order valence-corrected chi connectivity index (χ4v) is 3.14. The molecule has 152 valence electrons. The molecule has 0 aliphatic carbocycles. The second-order valence-electron chi connectivity index (χ2n) is 6.51. The minimum Gasteiger partial charge on any atom is -0.493 e. The third-order valence-electron chi connectivity index (χ3n) is 4.63. The third-order valence-corrected chi connectivity index (χ3v) is 4.63. The van der Waals surface area contributed by atoms with Gasteiger partial charge in [-0.25, -0.2) is 4.98 Å². The average molecular weight is 396 g/mol. The van der Waals surface area contributed by atoms with Crippen LogP contribution in [0.5, 0.6) is 17.2 Å². The molecule has 3 rings (SSSR count). The Kier molecular flexibility index (Phi) is 6.39. The standard InChI is InChI=1S/C22H25N3O4/c1-14-11-15-7-5-6-8-17(15)25-21(14)23-9-10-24-22(26)16-12-18(27-2)20(29-4)19(13-16)28-3/h5-8,11-13H,9-10H2,1-4H3,(H,23,25)(H,24,26)/p+1. The summed E-state index contributed by atoms with van der Waals surface area (Å²) < 4.78 is 15.9. The summed E-state index contributed by atoms with van der Waals surface area (Å²) in [4.78, 5) is 15.9. The summed E-state index contributed by atoms with van der Waals surface area (Å²) in [5, 5.41) is 7.39. The minimum absolute atomic E-state index is 0.217. The number of nitrogens with one attached hydrogen (secondary N) is 3. The van der Waals surface area contributed by atoms with Crippen molar-refractivity contribution in [2.45, 2.75) is 6.92 Å². The first-order valence-electron chi connectivity index (χ1n) is 9.31. The molecule has 0 saturated heterocycles. The van der Waals surface area contributed by atoms with Crippen LogP contribution in [0.15, 0.2) is 42.5 Å². The monoisotopic (exact) mass is 396 g/mol. The molecule has 0 saturated carbocycles. The van der Waals surface area contributed by atoms with Crippen LogP contribution in [0, 0.1) is 6.92 Å². The number of carbonyl (C=O) groups is 1. The summed E-state index contributed by atoms with van der Waals surface area (Å²) in [5.74, 6) is 2.06. The number of aromatic amines is 1. The normalized spacial score (nSPS) is 10.5. The van der Waals surface area contributed by atoms with Crippen LogP contribution < -0.4 is 29.8 Å². The number of carbonyl (C=O) groups excluding carboxylic acids is 1. The maximum Gasteiger partial charge on any atom is 0.275 e. The smallest absolute Gasteiger partial charge is 0.275 e. The highest BCUT2D eigenvalue weighted by Gasteiger charge is 2.17. The number of benzene rings is 2. The van der Waals surface area contributed by atoms with Crippen molar-refractivity contribution in [1.29, 1.82) is 0 Å². The third kappa shape index (κ3) is 4.51. The molecule has 1 amide bonds. The lowest BCUT2D eigenvalue weighted by Crippen LogP contribution is -2.30. The number of anilines is 1. The van der Waals surface area contributed by atoms with Gasteiger partial charge in [0.25, 0.3) is 11.7 Å². The zero-order valence-electron chi connectivity index (χ0n) is 17.1. The van der Waals surface area contributed by atoms with Gasteiger partial charge in [0.1, 0.15) is 12.1 Å². The number of hydrogen-bond donors (Lipinski definition) is 2. The topological polar surface area (TPSA) is 83.0 Å². The molecular formula is C22H26N3O4+. The molecule has 0 fully saturated rings. The molecule has 0 spiro atoms. The SMILES string of the molecule is COc1cc(C(=O)NCCNc2[nH+]c3ccccc3cc2C)cc(OC)c1OC. The molecule has 3 N–H and O–H groups in total. The van der Waals surface area contributed by atoms with Gasteiger partial charge in [-0.3, -0.25) is 10.1 Å². The van der Waals surface area contributed by atoms with Crippen molar-refractivity contribution in [3.8, 4) is 17.2 Å². The van der Waals surface area contributed by atoms with Crippen LogP contribution in [-0.4, -0.2) is 40.3 Å². The van der Waals surface area contributed by atoms with E-state index in [1.807, 2.05) is 25.1 Å². The fraction of sp³-hybridized carbons (Fsp3) is 0.273. The number of H-pyrrole nitrogens is 1. The number of aryl methyl sites for hydroxylation is 1. The number of fused-ring (bicyclic) bond motifs is 1. The van der Waals surface area contributed by atoms with Crippen molar-refractivity contribution in [3.63, 3.8) is 0 Å². The van der Waals surface area contributed by atoms with Crippen LogP contribution in [0.3, 0.4) is 0 Å². The molecule has 0 bridgehead atoms. The highest BCUT2D eigenvalue weighted by atomic mass is 16.5. The predicted molar refractivity (Wildman–Crippen MR) is 112 cm³/mol. The van der Waals surface area contributed by atoms with Gasteiger partial charge in [0.15, 0.2) is 11.5 Å². The van der Waals surface area contributed by atoms with Gasteiger partial charge >= 0.3 is 0 Å². The van der Waals surface area contributed by atoms with Gasteiger partial charge in [-0.05, 0) is 31.2 Å². The Morgan fingerprint density at radius 2 is 1.66 bits per heavy atom. The van der Waals surface area contributed by atoms with Crippen molar-refractivity contribution < 1.29 is 24.0 Å². The van der Waals surface area contributed by atoms with Crippen LogP contribution in [0.25, 0.3) is 10.9 Å². The molecule has 1 heterocycles. The molecule has 1 aromatic heterocycles. The van der Waals surface area contributed by atoms with Gasteiger partial charge in [-0.2, -0.15) is 0 Å². The quantitative estimate of drug-likeness (QED) is 0.572. The van der Waals surface area contributed by atoms with Gasteiger partial charge in [-0.15, -0.1) is 0 Å². The second-order valence-corrected chi connectivity index (χ2v) is 6.51. The fourth-order valence-electron chi connectivity index (χ4n) is 3.14. The average Bonchev–Trinajstić information content (AvgIpc) is 2.75. The maximum absolute atomic E-state index is 12.5. The molecule has 7 heteroatoms. The molecule has 0 aliphatic rings. The molecule has 2 aromatic carbocycles. The number of rotatable bonds is 8. The van der Waals surface area contributed by atoms with Crippen molar-refractivity contribution in [2.24, 2.45) is 0 Å². The van der Waals surface area contributed by atoms with Crippen LogP contribution in [0.1, 0.15) is 15.9 Å². The van der Waals surface area contributed by atoms with E-state index >= 15 is 0 Å². The van der Waals surface area contributed by atoms with E-state index in [2.05, 4.69) is 27.8 Å². The van der Waals surface area contributed by atoms with Crippen LogP contribution >= 0.6 is 0 Å². The maximum atomic E-state index is 12.5. The van der Waals surface area contributed by atoms with Gasteiger partial charge in [0.05, 0.1) is 27.9 Å². The zero-order chi connectivity index (χ0) is 20.8. The lowest BCUT2D eigenvalue weighted by Gasteiger charge is -2.14. The number of pyridine rings is 1. The van der Waals surface area contributed by atoms with E-state index in [1.165, 1.54) is 21.3 Å². The second kappa shape index (κ2) is 9.14.